The first kappa shape index (κ1) is 10.6. The fraction of sp³-hybridized carbons (Fsp3) is 0.273. The molecule has 5 heteroatoms. The molecule has 1 fully saturated rings. The molecule has 1 heterocycles. The molecule has 1 saturated heterocycles. The quantitative estimate of drug-likeness (QED) is 0.824. The van der Waals surface area contributed by atoms with Crippen LogP contribution in [0.15, 0.2) is 24.3 Å². The van der Waals surface area contributed by atoms with Gasteiger partial charge in [0.25, 0.3) is 0 Å². The lowest BCUT2D eigenvalue weighted by Crippen LogP contribution is -2.38. The Hall–Kier alpha value is -1.91. The maximum Gasteiger partial charge on any atom is 0.326 e. The number of carboxylic acids is 1. The highest BCUT2D eigenvalue weighted by atomic mass is 19.1. The van der Waals surface area contributed by atoms with Crippen LogP contribution >= 0.6 is 0 Å². The van der Waals surface area contributed by atoms with E-state index in [9.17, 15) is 14.0 Å². The van der Waals surface area contributed by atoms with Gasteiger partial charge in [0.15, 0.2) is 0 Å². The maximum atomic E-state index is 13.0. The minimum absolute atomic E-state index is 0.188. The molecule has 0 spiro atoms. The third-order valence-electron chi connectivity index (χ3n) is 2.58. The van der Waals surface area contributed by atoms with Crippen molar-refractivity contribution >= 4 is 17.6 Å². The summed E-state index contributed by atoms with van der Waals surface area (Å²) in [6.07, 6.45) is 0.457. The van der Waals surface area contributed by atoms with E-state index in [0.717, 1.165) is 4.90 Å². The Bertz CT molecular complexity index is 447. The molecule has 1 aliphatic heterocycles. The number of halogens is 1. The molecule has 1 N–H and O–H groups in total. The first-order valence-electron chi connectivity index (χ1n) is 4.90. The minimum Gasteiger partial charge on any atom is -0.480 e. The number of aliphatic carboxylic acids is 1. The number of benzene rings is 1. The van der Waals surface area contributed by atoms with E-state index in [4.69, 9.17) is 5.11 Å². The van der Waals surface area contributed by atoms with Gasteiger partial charge in [0.05, 0.1) is 0 Å². The Morgan fingerprint density at radius 1 is 1.50 bits per heavy atom. The Kier molecular flexibility index (Phi) is 2.60. The highest BCUT2D eigenvalue weighted by Gasteiger charge is 2.37. The van der Waals surface area contributed by atoms with Crippen LogP contribution in [-0.2, 0) is 9.59 Å². The number of carboxylic acid groups (broad SMARTS) is 1. The summed E-state index contributed by atoms with van der Waals surface area (Å²) < 4.78 is 13.0. The molecule has 4 nitrogen and oxygen atoms in total. The summed E-state index contributed by atoms with van der Waals surface area (Å²) in [6.45, 7) is 0. The highest BCUT2D eigenvalue weighted by molar-refractivity contribution is 6.02. The number of amides is 1. The lowest BCUT2D eigenvalue weighted by Gasteiger charge is -2.21. The van der Waals surface area contributed by atoms with Gasteiger partial charge in [-0.25, -0.2) is 9.18 Å². The lowest BCUT2D eigenvalue weighted by atomic mass is 10.2. The van der Waals surface area contributed by atoms with Crippen molar-refractivity contribution in [1.82, 2.24) is 0 Å². The maximum absolute atomic E-state index is 13.0. The van der Waals surface area contributed by atoms with Crippen molar-refractivity contribution < 1.29 is 19.1 Å². The van der Waals surface area contributed by atoms with Crippen molar-refractivity contribution in [3.63, 3.8) is 0 Å². The molecule has 1 unspecified atom stereocenters. The summed E-state index contributed by atoms with van der Waals surface area (Å²) >= 11 is 0. The monoisotopic (exact) mass is 223 g/mol. The van der Waals surface area contributed by atoms with E-state index in [2.05, 4.69) is 0 Å². The van der Waals surface area contributed by atoms with Gasteiger partial charge in [0.2, 0.25) is 5.91 Å². The molecule has 1 aliphatic rings. The predicted octanol–water partition coefficient (Wildman–Crippen LogP) is 1.41. The van der Waals surface area contributed by atoms with Crippen molar-refractivity contribution in [1.29, 1.82) is 0 Å². The van der Waals surface area contributed by atoms with Crippen LogP contribution in [-0.4, -0.2) is 23.0 Å². The van der Waals surface area contributed by atoms with Gasteiger partial charge in [-0.3, -0.25) is 9.69 Å². The number of rotatable bonds is 2. The molecule has 2 rings (SSSR count). The molecule has 1 amide bonds. The molecule has 0 saturated carbocycles. The number of hydrogen-bond donors (Lipinski definition) is 1. The van der Waals surface area contributed by atoms with Crippen molar-refractivity contribution in [3.8, 4) is 0 Å². The average molecular weight is 223 g/mol. The number of carbonyl (C=O) groups is 2. The van der Waals surface area contributed by atoms with Crippen LogP contribution in [0.3, 0.4) is 0 Å². The Balaban J connectivity index is 2.37. The average Bonchev–Trinajstić information content (AvgIpc) is 2.60. The smallest absolute Gasteiger partial charge is 0.326 e. The third kappa shape index (κ3) is 1.76. The normalized spacial score (nSPS) is 20.2. The van der Waals surface area contributed by atoms with Gasteiger partial charge in [-0.15, -0.1) is 0 Å². The second-order valence-corrected chi connectivity index (χ2v) is 3.64. The van der Waals surface area contributed by atoms with Crippen LogP contribution in [0.5, 0.6) is 0 Å². The molecule has 1 aromatic rings. The second kappa shape index (κ2) is 3.92. The van der Waals surface area contributed by atoms with Crippen molar-refractivity contribution in [3.05, 3.63) is 30.1 Å². The summed E-state index contributed by atoms with van der Waals surface area (Å²) in [5.74, 6) is -1.82. The van der Waals surface area contributed by atoms with E-state index in [1.54, 1.807) is 0 Å². The number of hydrogen-bond acceptors (Lipinski definition) is 2. The van der Waals surface area contributed by atoms with Crippen molar-refractivity contribution in [2.24, 2.45) is 0 Å². The summed E-state index contributed by atoms with van der Waals surface area (Å²) in [5, 5.41) is 8.94. The SMILES string of the molecule is O=C(O)C1CCC(=O)N1c1cccc(F)c1. The van der Waals surface area contributed by atoms with E-state index >= 15 is 0 Å². The second-order valence-electron chi connectivity index (χ2n) is 3.64. The van der Waals surface area contributed by atoms with Gasteiger partial charge in [-0.2, -0.15) is 0 Å². The topological polar surface area (TPSA) is 57.6 Å². The molecule has 1 atom stereocenters. The van der Waals surface area contributed by atoms with Gasteiger partial charge in [0.1, 0.15) is 11.9 Å². The molecular weight excluding hydrogens is 213 g/mol. The number of carbonyl (C=O) groups excluding carboxylic acids is 1. The summed E-state index contributed by atoms with van der Waals surface area (Å²) in [6, 6.07) is 4.52. The fourth-order valence-corrected chi connectivity index (χ4v) is 1.87. The molecule has 16 heavy (non-hydrogen) atoms. The zero-order valence-electron chi connectivity index (χ0n) is 8.39. The molecule has 1 aromatic carbocycles. The van der Waals surface area contributed by atoms with E-state index in [0.29, 0.717) is 5.69 Å². The molecular formula is C11H10FNO3. The largest absolute Gasteiger partial charge is 0.480 e. The van der Waals surface area contributed by atoms with E-state index in [-0.39, 0.29) is 18.7 Å². The summed E-state index contributed by atoms with van der Waals surface area (Å²) in [5.41, 5.74) is 0.301. The molecule has 0 radical (unpaired) electrons. The standard InChI is InChI=1S/C11H10FNO3/c12-7-2-1-3-8(6-7)13-9(11(15)16)4-5-10(13)14/h1-3,6,9H,4-5H2,(H,15,16). The van der Waals surface area contributed by atoms with Gasteiger partial charge in [-0.05, 0) is 24.6 Å². The van der Waals surface area contributed by atoms with Crippen molar-refractivity contribution in [2.45, 2.75) is 18.9 Å². The van der Waals surface area contributed by atoms with Crippen LogP contribution in [0.1, 0.15) is 12.8 Å². The molecule has 84 valence electrons. The Morgan fingerprint density at radius 2 is 2.25 bits per heavy atom. The molecule has 0 aliphatic carbocycles. The predicted molar refractivity (Wildman–Crippen MR) is 54.5 cm³/mol. The van der Waals surface area contributed by atoms with Crippen LogP contribution in [0.25, 0.3) is 0 Å². The fourth-order valence-electron chi connectivity index (χ4n) is 1.87. The van der Waals surface area contributed by atoms with Gasteiger partial charge >= 0.3 is 5.97 Å². The lowest BCUT2D eigenvalue weighted by molar-refractivity contribution is -0.138. The Morgan fingerprint density at radius 3 is 2.88 bits per heavy atom. The molecule has 0 bridgehead atoms. The van der Waals surface area contributed by atoms with E-state index in [1.807, 2.05) is 0 Å². The minimum atomic E-state index is -1.06. The molecule has 0 aromatic heterocycles. The number of anilines is 1. The Labute approximate surface area is 91.3 Å². The zero-order valence-corrected chi connectivity index (χ0v) is 8.39. The van der Waals surface area contributed by atoms with Crippen LogP contribution in [0.2, 0.25) is 0 Å². The first-order chi connectivity index (χ1) is 7.59. The van der Waals surface area contributed by atoms with E-state index < -0.39 is 17.8 Å². The number of nitrogens with zero attached hydrogens (tertiary/aromatic N) is 1. The highest BCUT2D eigenvalue weighted by Crippen LogP contribution is 2.27. The van der Waals surface area contributed by atoms with E-state index in [1.165, 1.54) is 24.3 Å². The van der Waals surface area contributed by atoms with Crippen molar-refractivity contribution in [2.75, 3.05) is 4.90 Å². The van der Waals surface area contributed by atoms with Crippen LogP contribution < -0.4 is 4.90 Å². The van der Waals surface area contributed by atoms with Crippen LogP contribution in [0.4, 0.5) is 10.1 Å². The zero-order chi connectivity index (χ0) is 11.7. The van der Waals surface area contributed by atoms with Crippen LogP contribution in [0, 0.1) is 5.82 Å². The van der Waals surface area contributed by atoms with Gasteiger partial charge in [0, 0.05) is 12.1 Å². The van der Waals surface area contributed by atoms with Gasteiger partial charge < -0.3 is 5.11 Å². The summed E-state index contributed by atoms with van der Waals surface area (Å²) in [4.78, 5) is 23.6. The third-order valence-corrected chi connectivity index (χ3v) is 2.58. The first-order valence-corrected chi connectivity index (χ1v) is 4.90. The van der Waals surface area contributed by atoms with Gasteiger partial charge in [-0.1, -0.05) is 6.07 Å². The summed E-state index contributed by atoms with van der Waals surface area (Å²) in [7, 11) is 0.